The topological polar surface area (TPSA) is 66.8 Å². The molecule has 1 aromatic carbocycles. The number of ether oxygens (including phenoxy) is 1. The lowest BCUT2D eigenvalue weighted by Crippen LogP contribution is -2.41. The summed E-state index contributed by atoms with van der Waals surface area (Å²) in [6.45, 7) is 0.807. The molecule has 20 heavy (non-hydrogen) atoms. The van der Waals surface area contributed by atoms with Crippen molar-refractivity contribution in [3.05, 3.63) is 29.8 Å². The molecule has 2 atom stereocenters. The Hall–Kier alpha value is -1.88. The molecule has 0 spiro atoms. The summed E-state index contributed by atoms with van der Waals surface area (Å²) in [6, 6.07) is 7.22. The van der Waals surface area contributed by atoms with Crippen LogP contribution in [0, 0.1) is 0 Å². The van der Waals surface area contributed by atoms with Gasteiger partial charge in [-0.2, -0.15) is 0 Å². The number of amides is 1. The van der Waals surface area contributed by atoms with Crippen molar-refractivity contribution in [2.75, 3.05) is 18.1 Å². The highest BCUT2D eigenvalue weighted by molar-refractivity contribution is 6.01. The Bertz CT molecular complexity index is 536. The SMILES string of the molecule is O=C(O)[C@@H]1CN(C(=O)[C@H]2CCCCO2)c2ccccc21. The molecule has 0 saturated carbocycles. The van der Waals surface area contributed by atoms with Gasteiger partial charge in [0.25, 0.3) is 5.91 Å². The van der Waals surface area contributed by atoms with Gasteiger partial charge < -0.3 is 14.7 Å². The zero-order chi connectivity index (χ0) is 14.1. The molecule has 1 aromatic rings. The van der Waals surface area contributed by atoms with E-state index >= 15 is 0 Å². The second kappa shape index (κ2) is 5.25. The summed E-state index contributed by atoms with van der Waals surface area (Å²) in [5.41, 5.74) is 1.42. The minimum Gasteiger partial charge on any atom is -0.481 e. The van der Waals surface area contributed by atoms with Crippen molar-refractivity contribution in [2.24, 2.45) is 0 Å². The molecule has 1 amide bonds. The number of hydrogen-bond acceptors (Lipinski definition) is 3. The standard InChI is InChI=1S/C15H17NO4/c17-14(13-7-3-4-8-20-13)16-9-11(15(18)19)10-5-1-2-6-12(10)16/h1-2,5-6,11,13H,3-4,7-9H2,(H,18,19)/t11-,13-/m1/s1. The fourth-order valence-electron chi connectivity index (χ4n) is 2.94. The van der Waals surface area contributed by atoms with Crippen LogP contribution in [-0.4, -0.2) is 36.2 Å². The van der Waals surface area contributed by atoms with Gasteiger partial charge in [0, 0.05) is 18.8 Å². The molecule has 0 aromatic heterocycles. The maximum absolute atomic E-state index is 12.5. The fraction of sp³-hybridized carbons (Fsp3) is 0.467. The van der Waals surface area contributed by atoms with Crippen LogP contribution in [0.1, 0.15) is 30.7 Å². The van der Waals surface area contributed by atoms with E-state index < -0.39 is 18.0 Å². The molecule has 1 fully saturated rings. The molecule has 3 rings (SSSR count). The monoisotopic (exact) mass is 275 g/mol. The number of benzene rings is 1. The third-order valence-electron chi connectivity index (χ3n) is 3.99. The van der Waals surface area contributed by atoms with E-state index in [1.54, 1.807) is 23.1 Å². The molecule has 0 unspecified atom stereocenters. The van der Waals surface area contributed by atoms with E-state index in [9.17, 15) is 14.7 Å². The number of para-hydroxylation sites is 1. The number of carboxylic acids is 1. The van der Waals surface area contributed by atoms with Crippen molar-refractivity contribution in [3.8, 4) is 0 Å². The first-order chi connectivity index (χ1) is 9.68. The quantitative estimate of drug-likeness (QED) is 0.893. The number of aliphatic carboxylic acids is 1. The van der Waals surface area contributed by atoms with Gasteiger partial charge in [0.15, 0.2) is 0 Å². The van der Waals surface area contributed by atoms with Gasteiger partial charge in [-0.05, 0) is 30.9 Å². The predicted molar refractivity (Wildman–Crippen MR) is 72.8 cm³/mol. The zero-order valence-electron chi connectivity index (χ0n) is 11.1. The number of nitrogens with zero attached hydrogens (tertiary/aromatic N) is 1. The van der Waals surface area contributed by atoms with Crippen LogP contribution in [0.2, 0.25) is 0 Å². The van der Waals surface area contributed by atoms with Crippen LogP contribution in [0.4, 0.5) is 5.69 Å². The van der Waals surface area contributed by atoms with Gasteiger partial charge in [-0.3, -0.25) is 9.59 Å². The molecule has 5 heteroatoms. The van der Waals surface area contributed by atoms with Crippen LogP contribution < -0.4 is 4.90 Å². The molecule has 1 N–H and O–H groups in total. The van der Waals surface area contributed by atoms with E-state index in [1.165, 1.54) is 0 Å². The highest BCUT2D eigenvalue weighted by Crippen LogP contribution is 2.37. The third kappa shape index (κ3) is 2.18. The summed E-state index contributed by atoms with van der Waals surface area (Å²) in [5, 5.41) is 9.30. The van der Waals surface area contributed by atoms with Crippen LogP contribution in [0.25, 0.3) is 0 Å². The number of carboxylic acid groups (broad SMARTS) is 1. The van der Waals surface area contributed by atoms with Crippen LogP contribution >= 0.6 is 0 Å². The molecule has 0 bridgehead atoms. The van der Waals surface area contributed by atoms with Gasteiger partial charge in [0.05, 0.1) is 0 Å². The molecular formula is C15H17NO4. The lowest BCUT2D eigenvalue weighted by molar-refractivity contribution is -0.138. The molecule has 2 aliphatic rings. The Labute approximate surface area is 117 Å². The first-order valence-corrected chi connectivity index (χ1v) is 6.93. The van der Waals surface area contributed by atoms with Crippen molar-refractivity contribution >= 4 is 17.6 Å². The van der Waals surface area contributed by atoms with E-state index in [0.29, 0.717) is 17.9 Å². The average molecular weight is 275 g/mol. The van der Waals surface area contributed by atoms with Crippen LogP contribution in [0.5, 0.6) is 0 Å². The molecule has 2 heterocycles. The molecule has 1 saturated heterocycles. The maximum Gasteiger partial charge on any atom is 0.312 e. The Morgan fingerprint density at radius 2 is 2.05 bits per heavy atom. The summed E-state index contributed by atoms with van der Waals surface area (Å²) in [6.07, 6.45) is 2.26. The summed E-state index contributed by atoms with van der Waals surface area (Å²) < 4.78 is 5.52. The first kappa shape index (κ1) is 13.1. The molecule has 2 aliphatic heterocycles. The Balaban J connectivity index is 1.87. The Morgan fingerprint density at radius 1 is 1.25 bits per heavy atom. The van der Waals surface area contributed by atoms with E-state index in [-0.39, 0.29) is 12.5 Å². The second-order valence-corrected chi connectivity index (χ2v) is 5.25. The normalized spacial score (nSPS) is 25.3. The van der Waals surface area contributed by atoms with Gasteiger partial charge in [-0.1, -0.05) is 18.2 Å². The maximum atomic E-state index is 12.5. The smallest absolute Gasteiger partial charge is 0.312 e. The summed E-state index contributed by atoms with van der Waals surface area (Å²) in [4.78, 5) is 25.5. The average Bonchev–Trinajstić information content (AvgIpc) is 2.87. The number of rotatable bonds is 2. The minimum absolute atomic E-state index is 0.110. The van der Waals surface area contributed by atoms with Gasteiger partial charge in [-0.15, -0.1) is 0 Å². The Kier molecular flexibility index (Phi) is 3.44. The van der Waals surface area contributed by atoms with Crippen molar-refractivity contribution in [1.29, 1.82) is 0 Å². The summed E-state index contributed by atoms with van der Waals surface area (Å²) in [5.74, 6) is -1.64. The van der Waals surface area contributed by atoms with Gasteiger partial charge >= 0.3 is 5.97 Å². The van der Waals surface area contributed by atoms with Crippen molar-refractivity contribution in [3.63, 3.8) is 0 Å². The summed E-state index contributed by atoms with van der Waals surface area (Å²) >= 11 is 0. The van der Waals surface area contributed by atoms with Crippen LogP contribution in [0.3, 0.4) is 0 Å². The molecule has 5 nitrogen and oxygen atoms in total. The van der Waals surface area contributed by atoms with Gasteiger partial charge in [0.1, 0.15) is 12.0 Å². The van der Waals surface area contributed by atoms with Crippen LogP contribution in [-0.2, 0) is 14.3 Å². The lowest BCUT2D eigenvalue weighted by Gasteiger charge is -2.27. The molecular weight excluding hydrogens is 258 g/mol. The van der Waals surface area contributed by atoms with Crippen molar-refractivity contribution in [1.82, 2.24) is 0 Å². The van der Waals surface area contributed by atoms with Gasteiger partial charge in [0.2, 0.25) is 0 Å². The van der Waals surface area contributed by atoms with E-state index in [1.807, 2.05) is 6.07 Å². The first-order valence-electron chi connectivity index (χ1n) is 6.93. The van der Waals surface area contributed by atoms with Gasteiger partial charge in [-0.25, -0.2) is 0 Å². The molecule has 0 aliphatic carbocycles. The summed E-state index contributed by atoms with van der Waals surface area (Å²) in [7, 11) is 0. The number of hydrogen-bond donors (Lipinski definition) is 1. The van der Waals surface area contributed by atoms with E-state index in [2.05, 4.69) is 0 Å². The highest BCUT2D eigenvalue weighted by atomic mass is 16.5. The number of carbonyl (C=O) groups excluding carboxylic acids is 1. The largest absolute Gasteiger partial charge is 0.481 e. The minimum atomic E-state index is -0.891. The van der Waals surface area contributed by atoms with Crippen LogP contribution in [0.15, 0.2) is 24.3 Å². The second-order valence-electron chi connectivity index (χ2n) is 5.25. The highest BCUT2D eigenvalue weighted by Gasteiger charge is 2.39. The molecule has 0 radical (unpaired) electrons. The number of carbonyl (C=O) groups is 2. The fourth-order valence-corrected chi connectivity index (χ4v) is 2.94. The predicted octanol–water partition coefficient (Wildman–Crippen LogP) is 1.77. The zero-order valence-corrected chi connectivity index (χ0v) is 11.1. The lowest BCUT2D eigenvalue weighted by atomic mass is 10.0. The Morgan fingerprint density at radius 3 is 2.75 bits per heavy atom. The number of anilines is 1. The van der Waals surface area contributed by atoms with Crippen molar-refractivity contribution in [2.45, 2.75) is 31.3 Å². The number of fused-ring (bicyclic) bond motifs is 1. The third-order valence-corrected chi connectivity index (χ3v) is 3.99. The van der Waals surface area contributed by atoms with E-state index in [4.69, 9.17) is 4.74 Å². The molecule has 106 valence electrons. The van der Waals surface area contributed by atoms with E-state index in [0.717, 1.165) is 19.3 Å². The van der Waals surface area contributed by atoms with Crippen molar-refractivity contribution < 1.29 is 19.4 Å².